The highest BCUT2D eigenvalue weighted by Crippen LogP contribution is 2.53. The molecular weight excluding hydrogens is 835 g/mol. The van der Waals surface area contributed by atoms with Crippen LogP contribution in [-0.4, -0.2) is 13.7 Å². The number of aryl methyl sites for hydroxylation is 1. The van der Waals surface area contributed by atoms with E-state index in [4.69, 9.17) is 0 Å². The van der Waals surface area contributed by atoms with Crippen LogP contribution in [0.1, 0.15) is 54.0 Å². The zero-order valence-electron chi connectivity index (χ0n) is 38.6. The standard InChI is InChI=1S/C66H47N3/c1-66(2)58-39-64-56(52-21-9-13-25-62(52)68(64)43-30-27-42(28-31-43)47-36-29-41-15-3-4-16-46(41)48-17-5-6-18-49(47)48)37-54(58)55-38-57-53-22-10-14-26-63(53)69(65(57)40-59(55)66)45-34-32-44(33-35-45)67-60-23-11-7-19-50(60)51-20-8-12-24-61(51)67/h3-28,30-35,37-40,47H,29,36H2,1-2H3. The van der Waals surface area contributed by atoms with E-state index >= 15 is 0 Å². The van der Waals surface area contributed by atoms with Gasteiger partial charge in [-0.3, -0.25) is 0 Å². The number of fused-ring (bicyclic) bond motifs is 15. The Balaban J connectivity index is 0.853. The van der Waals surface area contributed by atoms with E-state index in [1.165, 1.54) is 121 Å². The van der Waals surface area contributed by atoms with Gasteiger partial charge in [-0.05, 0) is 148 Å². The Morgan fingerprint density at radius 1 is 0.348 bits per heavy atom. The molecule has 326 valence electrons. The van der Waals surface area contributed by atoms with Gasteiger partial charge in [-0.2, -0.15) is 0 Å². The van der Waals surface area contributed by atoms with Crippen molar-refractivity contribution in [1.29, 1.82) is 0 Å². The monoisotopic (exact) mass is 881 g/mol. The molecule has 1 atom stereocenters. The van der Waals surface area contributed by atoms with E-state index in [1.807, 2.05) is 0 Å². The predicted octanol–water partition coefficient (Wildman–Crippen LogP) is 17.0. The van der Waals surface area contributed by atoms with E-state index in [0.717, 1.165) is 24.2 Å². The maximum atomic E-state index is 2.52. The molecule has 10 aromatic carbocycles. The van der Waals surface area contributed by atoms with Gasteiger partial charge in [0.1, 0.15) is 0 Å². The summed E-state index contributed by atoms with van der Waals surface area (Å²) in [6.45, 7) is 4.85. The summed E-state index contributed by atoms with van der Waals surface area (Å²) in [4.78, 5) is 0. The lowest BCUT2D eigenvalue weighted by molar-refractivity contribution is 0.661. The fourth-order valence-electron chi connectivity index (χ4n) is 12.9. The second kappa shape index (κ2) is 14.3. The SMILES string of the molecule is CC1(C)c2cc3c(cc2-c2cc4c5ccccc5n(-c5ccc(-n6c7ccccc7c7ccccc76)cc5)c4cc21)c1ccccc1n3-c1ccc(C2CCc3ccccc3-c3ccccc32)cc1. The second-order valence-corrected chi connectivity index (χ2v) is 20.0. The van der Waals surface area contributed by atoms with E-state index < -0.39 is 0 Å². The minimum atomic E-state index is -0.232. The van der Waals surface area contributed by atoms with Gasteiger partial charge in [0, 0.05) is 60.7 Å². The van der Waals surface area contributed by atoms with Crippen LogP contribution in [0.5, 0.6) is 0 Å². The smallest absolute Gasteiger partial charge is 0.0544 e. The summed E-state index contributed by atoms with van der Waals surface area (Å²) in [5.41, 5.74) is 23.1. The molecule has 0 radical (unpaired) electrons. The molecule has 3 heterocycles. The van der Waals surface area contributed by atoms with Gasteiger partial charge in [-0.1, -0.05) is 147 Å². The zero-order valence-corrected chi connectivity index (χ0v) is 38.6. The van der Waals surface area contributed by atoms with E-state index in [-0.39, 0.29) is 5.41 Å². The van der Waals surface area contributed by atoms with E-state index in [0.29, 0.717) is 5.92 Å². The first-order valence-electron chi connectivity index (χ1n) is 24.5. The molecule has 0 aliphatic heterocycles. The molecule has 0 saturated heterocycles. The Kier molecular flexibility index (Phi) is 8.02. The van der Waals surface area contributed by atoms with E-state index in [2.05, 4.69) is 246 Å². The van der Waals surface area contributed by atoms with Crippen LogP contribution in [-0.2, 0) is 11.8 Å². The Labute approximate surface area is 400 Å². The van der Waals surface area contributed by atoms with Gasteiger partial charge >= 0.3 is 0 Å². The van der Waals surface area contributed by atoms with Gasteiger partial charge in [-0.25, -0.2) is 0 Å². The Morgan fingerprint density at radius 2 is 0.739 bits per heavy atom. The molecule has 2 aliphatic carbocycles. The third-order valence-corrected chi connectivity index (χ3v) is 16.1. The van der Waals surface area contributed by atoms with Crippen LogP contribution in [0.2, 0.25) is 0 Å². The van der Waals surface area contributed by atoms with Crippen LogP contribution >= 0.6 is 0 Å². The van der Waals surface area contributed by atoms with Gasteiger partial charge < -0.3 is 13.7 Å². The Morgan fingerprint density at radius 3 is 1.25 bits per heavy atom. The molecule has 0 spiro atoms. The van der Waals surface area contributed by atoms with Crippen molar-refractivity contribution in [3.63, 3.8) is 0 Å². The van der Waals surface area contributed by atoms with Crippen LogP contribution in [0.4, 0.5) is 0 Å². The highest BCUT2D eigenvalue weighted by atomic mass is 15.0. The number of hydrogen-bond acceptors (Lipinski definition) is 0. The molecule has 69 heavy (non-hydrogen) atoms. The molecule has 2 aliphatic rings. The van der Waals surface area contributed by atoms with Gasteiger partial charge in [0.2, 0.25) is 0 Å². The van der Waals surface area contributed by atoms with Crippen LogP contribution < -0.4 is 0 Å². The first-order valence-corrected chi connectivity index (χ1v) is 24.5. The van der Waals surface area contributed by atoms with E-state index in [9.17, 15) is 0 Å². The van der Waals surface area contributed by atoms with Crippen LogP contribution in [0.3, 0.4) is 0 Å². The molecule has 0 amide bonds. The third kappa shape index (κ3) is 5.44. The highest BCUT2D eigenvalue weighted by Gasteiger charge is 2.38. The second-order valence-electron chi connectivity index (χ2n) is 20.0. The summed E-state index contributed by atoms with van der Waals surface area (Å²) in [5.74, 6) is 0.332. The summed E-state index contributed by atoms with van der Waals surface area (Å²) in [6, 6.07) is 82.1. The zero-order chi connectivity index (χ0) is 45.5. The Hall–Kier alpha value is -8.40. The first-order chi connectivity index (χ1) is 34.0. The van der Waals surface area contributed by atoms with E-state index in [1.54, 1.807) is 0 Å². The highest BCUT2D eigenvalue weighted by molar-refractivity contribution is 6.15. The summed E-state index contributed by atoms with van der Waals surface area (Å²) in [5, 5.41) is 7.67. The lowest BCUT2D eigenvalue weighted by atomic mass is 9.82. The third-order valence-electron chi connectivity index (χ3n) is 16.1. The predicted molar refractivity (Wildman–Crippen MR) is 289 cm³/mol. The average molecular weight is 882 g/mol. The van der Waals surface area contributed by atoms with Gasteiger partial charge in [-0.15, -0.1) is 0 Å². The van der Waals surface area contributed by atoms with Crippen molar-refractivity contribution in [2.75, 3.05) is 0 Å². The van der Waals surface area contributed by atoms with Crippen LogP contribution in [0.15, 0.2) is 218 Å². The number of hydrogen-bond donors (Lipinski definition) is 0. The molecule has 13 aromatic rings. The van der Waals surface area contributed by atoms with Gasteiger partial charge in [0.25, 0.3) is 0 Å². The van der Waals surface area contributed by atoms with Crippen molar-refractivity contribution in [3.8, 4) is 39.3 Å². The maximum Gasteiger partial charge on any atom is 0.0544 e. The van der Waals surface area contributed by atoms with Crippen LogP contribution in [0.25, 0.3) is 105 Å². The molecule has 15 rings (SSSR count). The number of benzene rings is 10. The van der Waals surface area contributed by atoms with Crippen molar-refractivity contribution in [1.82, 2.24) is 13.7 Å². The molecule has 1 unspecified atom stereocenters. The van der Waals surface area contributed by atoms with Crippen molar-refractivity contribution < 1.29 is 0 Å². The summed E-state index contributed by atoms with van der Waals surface area (Å²) < 4.78 is 7.38. The fraction of sp³-hybridized carbons (Fsp3) is 0.0909. The molecule has 3 aromatic heterocycles. The fourth-order valence-corrected chi connectivity index (χ4v) is 12.9. The number of nitrogens with zero attached hydrogens (tertiary/aromatic N) is 3. The van der Waals surface area contributed by atoms with Crippen molar-refractivity contribution in [2.45, 2.75) is 38.0 Å². The molecule has 0 fully saturated rings. The first kappa shape index (κ1) is 38.7. The summed E-state index contributed by atoms with van der Waals surface area (Å²) in [7, 11) is 0. The topological polar surface area (TPSA) is 14.8 Å². The largest absolute Gasteiger partial charge is 0.309 e. The molecule has 0 bridgehead atoms. The minimum absolute atomic E-state index is 0.232. The van der Waals surface area contributed by atoms with Crippen molar-refractivity contribution in [2.24, 2.45) is 0 Å². The lowest BCUT2D eigenvalue weighted by Crippen LogP contribution is -2.15. The Bertz CT molecular complexity index is 4210. The molecule has 3 heteroatoms. The molecular formula is C66H47N3. The maximum absolute atomic E-state index is 2.52. The van der Waals surface area contributed by atoms with Crippen molar-refractivity contribution >= 4 is 65.4 Å². The summed E-state index contributed by atoms with van der Waals surface area (Å²) >= 11 is 0. The number of rotatable bonds is 4. The van der Waals surface area contributed by atoms with Crippen LogP contribution in [0, 0.1) is 0 Å². The molecule has 0 N–H and O–H groups in total. The minimum Gasteiger partial charge on any atom is -0.309 e. The molecule has 0 saturated carbocycles. The number of para-hydroxylation sites is 4. The molecule has 3 nitrogen and oxygen atoms in total. The van der Waals surface area contributed by atoms with Crippen molar-refractivity contribution in [3.05, 3.63) is 246 Å². The lowest BCUT2D eigenvalue weighted by Gasteiger charge is -2.22. The summed E-state index contributed by atoms with van der Waals surface area (Å²) in [6.07, 6.45) is 2.16. The normalized spacial score (nSPS) is 15.0. The van der Waals surface area contributed by atoms with Gasteiger partial charge in [0.05, 0.1) is 33.1 Å². The van der Waals surface area contributed by atoms with Gasteiger partial charge in [0.15, 0.2) is 0 Å². The quantitative estimate of drug-likeness (QED) is 0.167. The average Bonchev–Trinajstić information content (AvgIpc) is 4.05. The number of aromatic nitrogens is 3.